The van der Waals surface area contributed by atoms with E-state index in [2.05, 4.69) is 4.98 Å². The van der Waals surface area contributed by atoms with E-state index in [0.29, 0.717) is 37.6 Å². The summed E-state index contributed by atoms with van der Waals surface area (Å²) in [5, 5.41) is 11.2. The lowest BCUT2D eigenvalue weighted by molar-refractivity contribution is -0.907. The van der Waals surface area contributed by atoms with Crippen molar-refractivity contribution < 1.29 is 34.1 Å². The molecule has 4 rings (SSSR count). The molecule has 32 heavy (non-hydrogen) atoms. The molecule has 8 nitrogen and oxygen atoms in total. The predicted molar refractivity (Wildman–Crippen MR) is 116 cm³/mol. The van der Waals surface area contributed by atoms with E-state index in [1.54, 1.807) is 42.6 Å². The first-order chi connectivity index (χ1) is 15.5. The number of aliphatic hydroxyl groups excluding tert-OH is 1. The normalized spacial score (nSPS) is 21.2. The average molecular weight is 440 g/mol. The number of H-pyrrole nitrogens is 1. The number of aliphatic hydroxyl groups is 1. The van der Waals surface area contributed by atoms with Gasteiger partial charge >= 0.3 is 0 Å². The van der Waals surface area contributed by atoms with Crippen LogP contribution in [0.2, 0.25) is 0 Å². The van der Waals surface area contributed by atoms with Crippen molar-refractivity contribution in [3.63, 3.8) is 0 Å². The number of hydrogen-bond acceptors (Lipinski definition) is 5. The second kappa shape index (κ2) is 9.50. The van der Waals surface area contributed by atoms with Crippen LogP contribution in [0.3, 0.4) is 0 Å². The lowest BCUT2D eigenvalue weighted by Crippen LogP contribution is -3.14. The number of ketones is 1. The van der Waals surface area contributed by atoms with Crippen molar-refractivity contribution in [3.05, 3.63) is 65.0 Å². The number of nitrogens with one attached hydrogen (secondary N) is 2. The molecule has 1 aromatic carbocycles. The summed E-state index contributed by atoms with van der Waals surface area (Å²) in [6.45, 7) is 6.14. The number of ether oxygens (including phenoxy) is 2. The quantitative estimate of drug-likeness (QED) is 0.380. The third-order valence-corrected chi connectivity index (χ3v) is 6.17. The maximum atomic E-state index is 13.1. The Kier molecular flexibility index (Phi) is 6.53. The number of aromatic nitrogens is 1. The number of hydrogen-bond donors (Lipinski definition) is 2. The second-order valence-corrected chi connectivity index (χ2v) is 8.12. The molecule has 8 heteroatoms. The van der Waals surface area contributed by atoms with Crippen LogP contribution in [-0.4, -0.2) is 68.2 Å². The van der Waals surface area contributed by atoms with Crippen LogP contribution in [0.25, 0.3) is 5.76 Å². The van der Waals surface area contributed by atoms with Gasteiger partial charge in [0.15, 0.2) is 12.4 Å². The molecule has 168 valence electrons. The van der Waals surface area contributed by atoms with Crippen LogP contribution in [0.15, 0.2) is 48.3 Å². The number of methoxy groups -OCH3 is 1. The fourth-order valence-electron chi connectivity index (χ4n) is 4.41. The summed E-state index contributed by atoms with van der Waals surface area (Å²) in [7, 11) is 1.58. The van der Waals surface area contributed by atoms with Crippen LogP contribution in [0.1, 0.15) is 22.7 Å². The molecule has 1 aromatic heterocycles. The summed E-state index contributed by atoms with van der Waals surface area (Å²) in [5.74, 6) is -0.730. The topological polar surface area (TPSA) is 94.7 Å². The summed E-state index contributed by atoms with van der Waals surface area (Å²) in [6.07, 6.45) is 3.50. The smallest absolute Gasteiger partial charge is 0.295 e. The Bertz CT molecular complexity index is 1030. The third kappa shape index (κ3) is 4.24. The van der Waals surface area contributed by atoms with Crippen molar-refractivity contribution in [2.75, 3.05) is 46.5 Å². The van der Waals surface area contributed by atoms with Crippen LogP contribution in [0.4, 0.5) is 0 Å². The zero-order chi connectivity index (χ0) is 22.7. The number of pyridine rings is 1. The molecular formula is C24H29N3O5+2. The Hall–Kier alpha value is -3.23. The van der Waals surface area contributed by atoms with Crippen molar-refractivity contribution in [3.8, 4) is 5.75 Å². The molecule has 0 aliphatic carbocycles. The van der Waals surface area contributed by atoms with E-state index in [0.717, 1.165) is 24.2 Å². The number of aryl methyl sites for hydroxylation is 1. The zero-order valence-corrected chi connectivity index (χ0v) is 18.4. The molecule has 0 spiro atoms. The number of amides is 1. The maximum absolute atomic E-state index is 13.1. The molecular weight excluding hydrogens is 410 g/mol. The van der Waals surface area contributed by atoms with E-state index in [-0.39, 0.29) is 11.3 Å². The van der Waals surface area contributed by atoms with Gasteiger partial charge < -0.3 is 24.4 Å². The Balaban J connectivity index is 1.72. The number of aromatic amines is 1. The molecule has 2 aromatic rings. The van der Waals surface area contributed by atoms with Crippen molar-refractivity contribution in [1.82, 2.24) is 4.90 Å². The summed E-state index contributed by atoms with van der Waals surface area (Å²) >= 11 is 0. The first-order valence-electron chi connectivity index (χ1n) is 10.8. The van der Waals surface area contributed by atoms with Crippen molar-refractivity contribution in [1.29, 1.82) is 0 Å². The second-order valence-electron chi connectivity index (χ2n) is 8.12. The molecule has 0 radical (unpaired) electrons. The van der Waals surface area contributed by atoms with Gasteiger partial charge in [0.1, 0.15) is 24.6 Å². The third-order valence-electron chi connectivity index (χ3n) is 6.17. The van der Waals surface area contributed by atoms with Gasteiger partial charge in [0.2, 0.25) is 0 Å². The van der Waals surface area contributed by atoms with E-state index in [9.17, 15) is 14.7 Å². The molecule has 1 amide bonds. The van der Waals surface area contributed by atoms with Crippen molar-refractivity contribution in [2.24, 2.45) is 0 Å². The Morgan fingerprint density at radius 3 is 2.59 bits per heavy atom. The first-order valence-corrected chi connectivity index (χ1v) is 10.8. The summed E-state index contributed by atoms with van der Waals surface area (Å²) in [6, 6.07) is 8.22. The molecule has 0 bridgehead atoms. The van der Waals surface area contributed by atoms with E-state index in [1.165, 1.54) is 4.90 Å². The molecule has 2 fully saturated rings. The van der Waals surface area contributed by atoms with Gasteiger partial charge in [-0.2, -0.15) is 0 Å². The monoisotopic (exact) mass is 439 g/mol. The summed E-state index contributed by atoms with van der Waals surface area (Å²) in [4.78, 5) is 32.0. The Morgan fingerprint density at radius 1 is 1.22 bits per heavy atom. The maximum Gasteiger partial charge on any atom is 0.295 e. The number of carbonyl (C=O) groups excluding carboxylic acids is 2. The molecule has 1 atom stereocenters. The van der Waals surface area contributed by atoms with Gasteiger partial charge in [-0.3, -0.25) is 9.59 Å². The highest BCUT2D eigenvalue weighted by atomic mass is 16.5. The first kappa shape index (κ1) is 22.0. The number of carbonyl (C=O) groups is 2. The number of morpholine rings is 1. The van der Waals surface area contributed by atoms with Gasteiger partial charge in [-0.05, 0) is 36.2 Å². The lowest BCUT2D eigenvalue weighted by Gasteiger charge is -2.28. The summed E-state index contributed by atoms with van der Waals surface area (Å²) in [5.41, 5.74) is 2.19. The molecule has 2 saturated heterocycles. The zero-order valence-electron chi connectivity index (χ0n) is 18.4. The number of nitrogens with zero attached hydrogens (tertiary/aromatic N) is 1. The molecule has 0 saturated carbocycles. The minimum absolute atomic E-state index is 0.114. The van der Waals surface area contributed by atoms with Crippen LogP contribution in [-0.2, 0) is 14.3 Å². The van der Waals surface area contributed by atoms with Gasteiger partial charge in [-0.1, -0.05) is 0 Å². The highest BCUT2D eigenvalue weighted by Crippen LogP contribution is 2.39. The van der Waals surface area contributed by atoms with E-state index in [4.69, 9.17) is 9.47 Å². The highest BCUT2D eigenvalue weighted by molar-refractivity contribution is 6.46. The highest BCUT2D eigenvalue weighted by Gasteiger charge is 2.46. The molecule has 3 heterocycles. The SMILES string of the molecule is COc1ccc(C(O)=C2C(=O)C(=O)N(CC[NH+]3CCOCC3)C2c2cc[nH+]cc2)cc1C. The molecule has 1 unspecified atom stereocenters. The Morgan fingerprint density at radius 2 is 1.94 bits per heavy atom. The predicted octanol–water partition coefficient (Wildman–Crippen LogP) is 0.155. The van der Waals surface area contributed by atoms with Crippen molar-refractivity contribution in [2.45, 2.75) is 13.0 Å². The average Bonchev–Trinajstić information content (AvgIpc) is 3.08. The Labute approximate surface area is 187 Å². The van der Waals surface area contributed by atoms with Gasteiger partial charge in [0.25, 0.3) is 11.7 Å². The van der Waals surface area contributed by atoms with Gasteiger partial charge in [-0.15, -0.1) is 0 Å². The number of benzene rings is 1. The van der Waals surface area contributed by atoms with Crippen molar-refractivity contribution >= 4 is 17.4 Å². The van der Waals surface area contributed by atoms with Gasteiger partial charge in [0, 0.05) is 17.7 Å². The van der Waals surface area contributed by atoms with Gasteiger partial charge in [0.05, 0.1) is 45.0 Å². The summed E-state index contributed by atoms with van der Waals surface area (Å²) < 4.78 is 10.7. The number of quaternary nitrogens is 1. The fourth-order valence-corrected chi connectivity index (χ4v) is 4.41. The number of likely N-dealkylation sites (tertiary alicyclic amines) is 1. The molecule has 2 aliphatic rings. The lowest BCUT2D eigenvalue weighted by atomic mass is 9.95. The van der Waals surface area contributed by atoms with Crippen LogP contribution < -0.4 is 14.6 Å². The van der Waals surface area contributed by atoms with Gasteiger partial charge in [-0.25, -0.2) is 4.98 Å². The molecule has 2 aliphatic heterocycles. The van der Waals surface area contributed by atoms with E-state index in [1.807, 2.05) is 19.1 Å². The molecule has 3 N–H and O–H groups in total. The van der Waals surface area contributed by atoms with E-state index >= 15 is 0 Å². The standard InChI is InChI=1S/C24H27N3O5/c1-16-15-18(3-4-19(16)31-2)22(28)20-21(17-5-7-25-8-6-17)27(24(30)23(20)29)10-9-26-11-13-32-14-12-26/h3-8,15,21,28H,9-14H2,1-2H3/p+2. The fraction of sp³-hybridized carbons (Fsp3) is 0.375. The minimum Gasteiger partial charge on any atom is -0.507 e. The number of rotatable bonds is 6. The van der Waals surface area contributed by atoms with Crippen LogP contribution in [0, 0.1) is 6.92 Å². The minimum atomic E-state index is -0.661. The number of Topliss-reactive ketones (excluding diaryl/α,β-unsaturated/α-hetero) is 1. The van der Waals surface area contributed by atoms with Crippen LogP contribution >= 0.6 is 0 Å². The largest absolute Gasteiger partial charge is 0.507 e. The van der Waals surface area contributed by atoms with Crippen LogP contribution in [0.5, 0.6) is 5.75 Å². The van der Waals surface area contributed by atoms with E-state index < -0.39 is 17.7 Å².